The highest BCUT2D eigenvalue weighted by molar-refractivity contribution is 7.89. The Bertz CT molecular complexity index is 696. The van der Waals surface area contributed by atoms with Crippen molar-refractivity contribution in [3.63, 3.8) is 0 Å². The van der Waals surface area contributed by atoms with E-state index < -0.39 is 10.0 Å². The minimum absolute atomic E-state index is 0.0582. The second kappa shape index (κ2) is 8.83. The maximum atomic E-state index is 12.8. The van der Waals surface area contributed by atoms with Gasteiger partial charge in [0.15, 0.2) is 0 Å². The van der Waals surface area contributed by atoms with Gasteiger partial charge < -0.3 is 9.64 Å². The van der Waals surface area contributed by atoms with Crippen molar-refractivity contribution in [1.82, 2.24) is 14.1 Å². The molecule has 1 aliphatic heterocycles. The minimum atomic E-state index is -3.52. The molecule has 0 aromatic heterocycles. The highest BCUT2D eigenvalue weighted by Crippen LogP contribution is 2.21. The van der Waals surface area contributed by atoms with Crippen molar-refractivity contribution in [3.8, 4) is 5.75 Å². The van der Waals surface area contributed by atoms with Crippen molar-refractivity contribution in [2.45, 2.75) is 31.7 Å². The van der Waals surface area contributed by atoms with E-state index in [1.165, 1.54) is 4.31 Å². The molecule has 0 spiro atoms. The topological polar surface area (TPSA) is 70.2 Å². The fourth-order valence-electron chi connectivity index (χ4n) is 2.74. The van der Waals surface area contributed by atoms with Crippen molar-refractivity contribution in [2.75, 3.05) is 46.4 Å². The first kappa shape index (κ1) is 20.7. The van der Waals surface area contributed by atoms with Crippen LogP contribution in [0.25, 0.3) is 0 Å². The third-order valence-electron chi connectivity index (χ3n) is 4.63. The predicted molar refractivity (Wildman–Crippen MR) is 101 cm³/mol. The molecule has 1 aliphatic rings. The molecule has 0 bridgehead atoms. The number of sulfonamides is 1. The fourth-order valence-corrected chi connectivity index (χ4v) is 4.16. The van der Waals surface area contributed by atoms with Gasteiger partial charge in [-0.2, -0.15) is 4.31 Å². The molecule has 1 fully saturated rings. The van der Waals surface area contributed by atoms with Crippen LogP contribution in [0.1, 0.15) is 20.8 Å². The summed E-state index contributed by atoms with van der Waals surface area (Å²) in [6.45, 7) is 8.56. The summed E-state index contributed by atoms with van der Waals surface area (Å²) in [5.41, 5.74) is 0. The minimum Gasteiger partial charge on any atom is -0.494 e. The van der Waals surface area contributed by atoms with E-state index in [1.54, 1.807) is 36.2 Å². The fraction of sp³-hybridized carbons (Fsp3) is 0.611. The zero-order chi connectivity index (χ0) is 19.3. The maximum absolute atomic E-state index is 12.8. The summed E-state index contributed by atoms with van der Waals surface area (Å²) in [7, 11) is -1.73. The lowest BCUT2D eigenvalue weighted by Crippen LogP contribution is -2.51. The zero-order valence-electron chi connectivity index (χ0n) is 16.0. The number of carbonyl (C=O) groups excluding carboxylic acids is 1. The molecule has 0 N–H and O–H groups in total. The van der Waals surface area contributed by atoms with E-state index in [9.17, 15) is 13.2 Å². The van der Waals surface area contributed by atoms with Crippen LogP contribution in [0.2, 0.25) is 0 Å². The van der Waals surface area contributed by atoms with Gasteiger partial charge in [0.2, 0.25) is 15.9 Å². The van der Waals surface area contributed by atoms with Crippen LogP contribution in [-0.4, -0.2) is 80.9 Å². The Hall–Kier alpha value is -1.64. The standard InChI is InChI=1S/C18H29N3O4S/c1-5-25-16-6-8-17(9-7-16)26(23,24)21-12-10-20(11-13-21)14-18(22)19(4)15(2)3/h6-9,15H,5,10-14H2,1-4H3. The average Bonchev–Trinajstić information content (AvgIpc) is 2.62. The number of rotatable bonds is 7. The van der Waals surface area contributed by atoms with Gasteiger partial charge in [0.25, 0.3) is 0 Å². The van der Waals surface area contributed by atoms with Crippen LogP contribution in [0.3, 0.4) is 0 Å². The molecule has 26 heavy (non-hydrogen) atoms. The number of benzene rings is 1. The molecule has 1 saturated heterocycles. The van der Waals surface area contributed by atoms with Crippen LogP contribution in [0.15, 0.2) is 29.2 Å². The Morgan fingerprint density at radius 3 is 2.23 bits per heavy atom. The van der Waals surface area contributed by atoms with Gasteiger partial charge in [-0.15, -0.1) is 0 Å². The molecule has 1 aromatic carbocycles. The number of hydrogen-bond acceptors (Lipinski definition) is 5. The number of ether oxygens (including phenoxy) is 1. The van der Waals surface area contributed by atoms with E-state index in [1.807, 2.05) is 25.7 Å². The summed E-state index contributed by atoms with van der Waals surface area (Å²) in [5.74, 6) is 0.715. The highest BCUT2D eigenvalue weighted by Gasteiger charge is 2.29. The molecule has 0 aliphatic carbocycles. The molecule has 1 heterocycles. The molecule has 0 atom stereocenters. The maximum Gasteiger partial charge on any atom is 0.243 e. The summed E-state index contributed by atoms with van der Waals surface area (Å²) >= 11 is 0. The van der Waals surface area contributed by atoms with Gasteiger partial charge in [-0.25, -0.2) is 8.42 Å². The predicted octanol–water partition coefficient (Wildman–Crippen LogP) is 1.26. The van der Waals surface area contributed by atoms with Gasteiger partial charge in [0, 0.05) is 39.3 Å². The zero-order valence-corrected chi connectivity index (χ0v) is 16.8. The van der Waals surface area contributed by atoms with Crippen LogP contribution >= 0.6 is 0 Å². The number of nitrogens with zero attached hydrogens (tertiary/aromatic N) is 3. The SMILES string of the molecule is CCOc1ccc(S(=O)(=O)N2CCN(CC(=O)N(C)C(C)C)CC2)cc1. The van der Waals surface area contributed by atoms with E-state index in [0.29, 0.717) is 45.1 Å². The lowest BCUT2D eigenvalue weighted by atomic mass is 10.3. The van der Waals surface area contributed by atoms with Crippen molar-refractivity contribution in [1.29, 1.82) is 0 Å². The number of likely N-dealkylation sites (N-methyl/N-ethyl adjacent to an activating group) is 1. The third kappa shape index (κ3) is 4.96. The lowest BCUT2D eigenvalue weighted by Gasteiger charge is -2.34. The molecule has 2 rings (SSSR count). The van der Waals surface area contributed by atoms with Gasteiger partial charge in [0.05, 0.1) is 18.0 Å². The van der Waals surface area contributed by atoms with Crippen molar-refractivity contribution in [3.05, 3.63) is 24.3 Å². The Morgan fingerprint density at radius 2 is 1.73 bits per heavy atom. The second-order valence-electron chi connectivity index (χ2n) is 6.68. The first-order valence-electron chi connectivity index (χ1n) is 8.96. The lowest BCUT2D eigenvalue weighted by molar-refractivity contribution is -0.132. The van der Waals surface area contributed by atoms with E-state index in [-0.39, 0.29) is 16.8 Å². The van der Waals surface area contributed by atoms with E-state index in [2.05, 4.69) is 0 Å². The second-order valence-corrected chi connectivity index (χ2v) is 8.62. The van der Waals surface area contributed by atoms with Crippen LogP contribution in [0, 0.1) is 0 Å². The Labute approximate surface area is 156 Å². The van der Waals surface area contributed by atoms with E-state index in [4.69, 9.17) is 4.74 Å². The molecule has 0 saturated carbocycles. The number of piperazine rings is 1. The number of amides is 1. The molecule has 1 aromatic rings. The van der Waals surface area contributed by atoms with Crippen LogP contribution in [0.5, 0.6) is 5.75 Å². The molecule has 0 radical (unpaired) electrons. The van der Waals surface area contributed by atoms with Crippen molar-refractivity contribution >= 4 is 15.9 Å². The Morgan fingerprint density at radius 1 is 1.15 bits per heavy atom. The summed E-state index contributed by atoms with van der Waals surface area (Å²) in [6.07, 6.45) is 0. The van der Waals surface area contributed by atoms with Gasteiger partial charge in [-0.3, -0.25) is 9.69 Å². The summed E-state index contributed by atoms with van der Waals surface area (Å²) in [4.78, 5) is 16.2. The van der Waals surface area contributed by atoms with Crippen LogP contribution in [0.4, 0.5) is 0 Å². The van der Waals surface area contributed by atoms with Gasteiger partial charge >= 0.3 is 0 Å². The smallest absolute Gasteiger partial charge is 0.243 e. The highest BCUT2D eigenvalue weighted by atomic mass is 32.2. The summed E-state index contributed by atoms with van der Waals surface area (Å²) in [6, 6.07) is 6.66. The first-order valence-corrected chi connectivity index (χ1v) is 10.4. The van der Waals surface area contributed by atoms with Gasteiger partial charge in [-0.1, -0.05) is 0 Å². The molecule has 146 valence electrons. The normalized spacial score (nSPS) is 16.7. The third-order valence-corrected chi connectivity index (χ3v) is 6.54. The molecular weight excluding hydrogens is 354 g/mol. The van der Waals surface area contributed by atoms with Gasteiger partial charge in [-0.05, 0) is 45.0 Å². The quantitative estimate of drug-likeness (QED) is 0.709. The largest absolute Gasteiger partial charge is 0.494 e. The van der Waals surface area contributed by atoms with Crippen LogP contribution < -0.4 is 4.74 Å². The Kier molecular flexibility index (Phi) is 7.02. The summed E-state index contributed by atoms with van der Waals surface area (Å²) < 4.78 is 32.4. The van der Waals surface area contributed by atoms with Gasteiger partial charge in [0.1, 0.15) is 5.75 Å². The Balaban J connectivity index is 1.94. The number of carbonyl (C=O) groups is 1. The first-order chi connectivity index (χ1) is 12.3. The molecular formula is C18H29N3O4S. The van der Waals surface area contributed by atoms with Crippen molar-refractivity contribution < 1.29 is 17.9 Å². The molecule has 1 amide bonds. The van der Waals surface area contributed by atoms with Crippen molar-refractivity contribution in [2.24, 2.45) is 0 Å². The van der Waals surface area contributed by atoms with E-state index >= 15 is 0 Å². The molecule has 0 unspecified atom stereocenters. The summed E-state index contributed by atoms with van der Waals surface area (Å²) in [5, 5.41) is 0. The average molecular weight is 384 g/mol. The number of hydrogen-bond donors (Lipinski definition) is 0. The van der Waals surface area contributed by atoms with E-state index in [0.717, 1.165) is 0 Å². The molecule has 8 heteroatoms. The molecule has 7 nitrogen and oxygen atoms in total. The monoisotopic (exact) mass is 383 g/mol. The van der Waals surface area contributed by atoms with Crippen LogP contribution in [-0.2, 0) is 14.8 Å².